The van der Waals surface area contributed by atoms with Gasteiger partial charge in [-0.25, -0.2) is 0 Å². The van der Waals surface area contributed by atoms with Crippen LogP contribution in [-0.4, -0.2) is 0 Å². The average Bonchev–Trinajstić information content (AvgIpc) is 4.00. The van der Waals surface area contributed by atoms with Crippen LogP contribution >= 0.6 is 11.3 Å². The number of rotatable bonds is 7. The zero-order valence-corrected chi connectivity index (χ0v) is 35.7. The molecule has 0 N–H and O–H groups in total. The highest BCUT2D eigenvalue weighted by atomic mass is 32.1. The first-order valence-corrected chi connectivity index (χ1v) is 22.8. The Hall–Kier alpha value is -7.98. The van der Waals surface area contributed by atoms with Gasteiger partial charge in [-0.3, -0.25) is 0 Å². The lowest BCUT2D eigenvalue weighted by molar-refractivity contribution is 0.793. The van der Waals surface area contributed by atoms with Gasteiger partial charge < -0.3 is 9.80 Å². The van der Waals surface area contributed by atoms with Crippen molar-refractivity contribution in [3.8, 4) is 33.4 Å². The lowest BCUT2D eigenvalue weighted by Crippen LogP contribution is -2.26. The van der Waals surface area contributed by atoms with E-state index < -0.39 is 5.41 Å². The number of hydrogen-bond donors (Lipinski definition) is 0. The quantitative estimate of drug-likeness (QED) is 0.158. The normalized spacial score (nSPS) is 14.3. The van der Waals surface area contributed by atoms with E-state index in [0.717, 1.165) is 28.4 Å². The molecule has 1 unspecified atom stereocenters. The maximum Gasteiger partial charge on any atom is 0.0727 e. The highest BCUT2D eigenvalue weighted by Gasteiger charge is 2.52. The summed E-state index contributed by atoms with van der Waals surface area (Å²) in [5.41, 5.74) is 18.9. The Morgan fingerprint density at radius 1 is 0.297 bits per heavy atom. The second kappa shape index (κ2) is 14.6. The van der Waals surface area contributed by atoms with Crippen molar-refractivity contribution in [1.82, 2.24) is 0 Å². The summed E-state index contributed by atoms with van der Waals surface area (Å²) in [5, 5.41) is 2.57. The summed E-state index contributed by atoms with van der Waals surface area (Å²) in [4.78, 5) is 4.90. The fourth-order valence-corrected chi connectivity index (χ4v) is 12.0. The molecule has 64 heavy (non-hydrogen) atoms. The van der Waals surface area contributed by atoms with E-state index in [-0.39, 0.29) is 0 Å². The molecule has 1 atom stereocenters. The Kier molecular flexibility index (Phi) is 8.34. The molecule has 0 amide bonds. The predicted molar refractivity (Wildman–Crippen MR) is 270 cm³/mol. The lowest BCUT2D eigenvalue weighted by atomic mass is 9.70. The number of hydrogen-bond acceptors (Lipinski definition) is 3. The third kappa shape index (κ3) is 5.44. The van der Waals surface area contributed by atoms with Gasteiger partial charge in [-0.15, -0.1) is 11.3 Å². The maximum absolute atomic E-state index is 2.52. The van der Waals surface area contributed by atoms with Crippen LogP contribution in [0.4, 0.5) is 34.1 Å². The molecule has 1 spiro atoms. The van der Waals surface area contributed by atoms with E-state index in [1.807, 2.05) is 11.3 Å². The maximum atomic E-state index is 2.52. The lowest BCUT2D eigenvalue weighted by Gasteiger charge is -2.33. The molecule has 3 heteroatoms. The minimum atomic E-state index is -0.565. The van der Waals surface area contributed by atoms with Gasteiger partial charge in [-0.1, -0.05) is 170 Å². The van der Waals surface area contributed by atoms with Crippen molar-refractivity contribution in [3.63, 3.8) is 0 Å². The van der Waals surface area contributed by atoms with Gasteiger partial charge in [0.05, 0.1) is 15.8 Å². The topological polar surface area (TPSA) is 6.48 Å². The van der Waals surface area contributed by atoms with Gasteiger partial charge in [-0.05, 0) is 128 Å². The number of thiophene rings is 1. The van der Waals surface area contributed by atoms with Crippen LogP contribution in [0, 0.1) is 0 Å². The third-order valence-corrected chi connectivity index (χ3v) is 14.6. The van der Waals surface area contributed by atoms with Gasteiger partial charge in [0, 0.05) is 43.9 Å². The molecule has 0 fully saturated rings. The molecule has 11 aromatic rings. The number of para-hydroxylation sites is 2. The zero-order valence-electron chi connectivity index (χ0n) is 34.9. The van der Waals surface area contributed by atoms with E-state index in [1.54, 1.807) is 0 Å². The minimum Gasteiger partial charge on any atom is -0.310 e. The van der Waals surface area contributed by atoms with E-state index in [2.05, 4.69) is 252 Å². The summed E-state index contributed by atoms with van der Waals surface area (Å²) >= 11 is 1.88. The second-order valence-electron chi connectivity index (χ2n) is 16.8. The van der Waals surface area contributed by atoms with E-state index in [1.165, 1.54) is 81.5 Å². The first-order valence-electron chi connectivity index (χ1n) is 22.0. The Balaban J connectivity index is 1.08. The Labute approximate surface area is 377 Å². The van der Waals surface area contributed by atoms with Crippen LogP contribution in [0.15, 0.2) is 243 Å². The molecule has 0 saturated carbocycles. The van der Waals surface area contributed by atoms with Crippen molar-refractivity contribution >= 4 is 65.6 Å². The first kappa shape index (κ1) is 36.7. The molecular weight excluding hydrogens is 793 g/mol. The van der Waals surface area contributed by atoms with Gasteiger partial charge in [0.2, 0.25) is 0 Å². The number of benzene rings is 10. The molecule has 0 aliphatic heterocycles. The summed E-state index contributed by atoms with van der Waals surface area (Å²) < 4.78 is 2.57. The molecule has 0 saturated heterocycles. The Morgan fingerprint density at radius 2 is 0.766 bits per heavy atom. The molecule has 2 nitrogen and oxygen atoms in total. The third-order valence-electron chi connectivity index (χ3n) is 13.4. The molecule has 10 aromatic carbocycles. The van der Waals surface area contributed by atoms with Gasteiger partial charge in [0.25, 0.3) is 0 Å². The van der Waals surface area contributed by atoms with Crippen molar-refractivity contribution in [2.75, 3.05) is 9.80 Å². The summed E-state index contributed by atoms with van der Waals surface area (Å²) in [6.45, 7) is 0. The molecule has 2 aliphatic rings. The van der Waals surface area contributed by atoms with Crippen molar-refractivity contribution < 1.29 is 0 Å². The Bertz CT molecular complexity index is 3520. The molecule has 13 rings (SSSR count). The van der Waals surface area contributed by atoms with Crippen LogP contribution in [0.25, 0.3) is 53.6 Å². The van der Waals surface area contributed by atoms with E-state index in [4.69, 9.17) is 0 Å². The highest BCUT2D eigenvalue weighted by molar-refractivity contribution is 7.26. The number of fused-ring (bicyclic) bond motifs is 13. The van der Waals surface area contributed by atoms with Crippen LogP contribution in [0.5, 0.6) is 0 Å². The molecule has 2 aliphatic carbocycles. The van der Waals surface area contributed by atoms with E-state index >= 15 is 0 Å². The van der Waals surface area contributed by atoms with E-state index in [9.17, 15) is 0 Å². The van der Waals surface area contributed by atoms with Crippen molar-refractivity contribution in [1.29, 1.82) is 0 Å². The molecule has 1 aromatic heterocycles. The van der Waals surface area contributed by atoms with Crippen molar-refractivity contribution in [2.24, 2.45) is 0 Å². The van der Waals surface area contributed by atoms with Gasteiger partial charge in [0.15, 0.2) is 0 Å². The predicted octanol–water partition coefficient (Wildman–Crippen LogP) is 17.0. The average molecular weight is 833 g/mol. The largest absolute Gasteiger partial charge is 0.310 e. The second-order valence-corrected chi connectivity index (χ2v) is 17.9. The van der Waals surface area contributed by atoms with Gasteiger partial charge >= 0.3 is 0 Å². The standard InChI is InChI=1S/C61H40N2S/c1-4-18-41(19-5-1)42-20-16-25-45(38-42)63(58-32-17-29-53-52-28-12-15-33-59(52)64-60(53)58)47-35-37-51-49-27-11-14-31-55(49)61(57(51)40-47)54-30-13-10-26-48(54)50-36-34-46(39-56(50)61)62(43-21-6-2-7-22-43)44-23-8-3-9-24-44/h1-40H. The molecule has 0 radical (unpaired) electrons. The van der Waals surface area contributed by atoms with Gasteiger partial charge in [0.1, 0.15) is 0 Å². The molecule has 300 valence electrons. The molecule has 1 heterocycles. The van der Waals surface area contributed by atoms with Crippen molar-refractivity contribution in [2.45, 2.75) is 5.41 Å². The molecular formula is C61H40N2S. The molecule has 0 bridgehead atoms. The summed E-state index contributed by atoms with van der Waals surface area (Å²) in [7, 11) is 0. The number of nitrogens with zero attached hydrogens (tertiary/aromatic N) is 2. The monoisotopic (exact) mass is 832 g/mol. The fraction of sp³-hybridized carbons (Fsp3) is 0.0164. The summed E-state index contributed by atoms with van der Waals surface area (Å²) in [6.07, 6.45) is 0. The van der Waals surface area contributed by atoms with Crippen LogP contribution in [0.2, 0.25) is 0 Å². The smallest absolute Gasteiger partial charge is 0.0727 e. The van der Waals surface area contributed by atoms with Crippen LogP contribution in [-0.2, 0) is 5.41 Å². The Morgan fingerprint density at radius 3 is 1.42 bits per heavy atom. The van der Waals surface area contributed by atoms with Crippen LogP contribution < -0.4 is 9.80 Å². The van der Waals surface area contributed by atoms with Gasteiger partial charge in [-0.2, -0.15) is 0 Å². The van der Waals surface area contributed by atoms with Crippen LogP contribution in [0.1, 0.15) is 22.3 Å². The van der Waals surface area contributed by atoms with E-state index in [0.29, 0.717) is 0 Å². The SMILES string of the molecule is c1ccc(-c2cccc(N(c3ccc4c(c3)C3(c5ccccc5-c5ccc(N(c6ccccc6)c6ccccc6)cc53)c3ccccc3-4)c3cccc4c3sc3ccccc34)c2)cc1. The minimum absolute atomic E-state index is 0.565. The number of anilines is 6. The summed E-state index contributed by atoms with van der Waals surface area (Å²) in [6, 6.07) is 89.6. The van der Waals surface area contributed by atoms with Crippen molar-refractivity contribution in [3.05, 3.63) is 265 Å². The van der Waals surface area contributed by atoms with Crippen LogP contribution in [0.3, 0.4) is 0 Å². The summed E-state index contributed by atoms with van der Waals surface area (Å²) in [5.74, 6) is 0. The highest BCUT2D eigenvalue weighted by Crippen LogP contribution is 2.64. The first-order chi connectivity index (χ1) is 31.8. The zero-order chi connectivity index (χ0) is 42.2. The fourth-order valence-electron chi connectivity index (χ4n) is 10.8.